The first kappa shape index (κ1) is 14.1. The van der Waals surface area contributed by atoms with Crippen molar-refractivity contribution in [3.63, 3.8) is 0 Å². The maximum atomic E-state index is 13.2. The first-order chi connectivity index (χ1) is 9.43. The van der Waals surface area contributed by atoms with Crippen LogP contribution >= 0.6 is 11.6 Å². The van der Waals surface area contributed by atoms with Crippen molar-refractivity contribution in [3.05, 3.63) is 46.7 Å². The molecule has 0 aliphatic carbocycles. The van der Waals surface area contributed by atoms with E-state index in [9.17, 15) is 14.3 Å². The van der Waals surface area contributed by atoms with Crippen LogP contribution in [0.25, 0.3) is 11.1 Å². The molecule has 0 saturated carbocycles. The van der Waals surface area contributed by atoms with E-state index in [0.717, 1.165) is 0 Å². The topological polar surface area (TPSA) is 66.8 Å². The van der Waals surface area contributed by atoms with Gasteiger partial charge in [-0.25, -0.2) is 9.18 Å². The molecule has 6 heteroatoms. The molecule has 0 amide bonds. The van der Waals surface area contributed by atoms with Gasteiger partial charge >= 0.3 is 5.97 Å². The van der Waals surface area contributed by atoms with E-state index in [-0.39, 0.29) is 16.3 Å². The summed E-state index contributed by atoms with van der Waals surface area (Å²) in [5.74, 6) is -2.06. The molecular formula is C14H10ClFO4. The van der Waals surface area contributed by atoms with Crippen molar-refractivity contribution >= 4 is 17.6 Å². The average molecular weight is 297 g/mol. The van der Waals surface area contributed by atoms with Crippen molar-refractivity contribution in [2.75, 3.05) is 7.11 Å². The number of carboxylic acids is 1. The molecule has 104 valence electrons. The highest BCUT2D eigenvalue weighted by Gasteiger charge is 2.17. The normalized spacial score (nSPS) is 10.3. The Bertz CT molecular complexity index is 685. The smallest absolute Gasteiger partial charge is 0.339 e. The molecule has 0 aromatic heterocycles. The predicted octanol–water partition coefficient (Wildman–Crippen LogP) is 3.56. The summed E-state index contributed by atoms with van der Waals surface area (Å²) in [5.41, 5.74) is 0.541. The van der Waals surface area contributed by atoms with Gasteiger partial charge in [-0.1, -0.05) is 11.6 Å². The highest BCUT2D eigenvalue weighted by molar-refractivity contribution is 6.33. The quantitative estimate of drug-likeness (QED) is 0.909. The van der Waals surface area contributed by atoms with E-state index in [4.69, 9.17) is 21.4 Å². The van der Waals surface area contributed by atoms with Crippen LogP contribution in [0.15, 0.2) is 30.3 Å². The fraction of sp³-hybridized carbons (Fsp3) is 0.0714. The molecule has 0 atom stereocenters. The van der Waals surface area contributed by atoms with Crippen molar-refractivity contribution < 1.29 is 24.1 Å². The zero-order valence-corrected chi connectivity index (χ0v) is 11.1. The van der Waals surface area contributed by atoms with E-state index in [1.807, 2.05) is 0 Å². The number of benzene rings is 2. The number of hydrogen-bond donors (Lipinski definition) is 2. The lowest BCUT2D eigenvalue weighted by molar-refractivity contribution is 0.0694. The summed E-state index contributed by atoms with van der Waals surface area (Å²) in [4.78, 5) is 11.1. The number of carboxylic acid groups (broad SMARTS) is 1. The molecule has 0 aliphatic heterocycles. The molecule has 0 spiro atoms. The first-order valence-electron chi connectivity index (χ1n) is 5.53. The highest BCUT2D eigenvalue weighted by Crippen LogP contribution is 2.37. The molecule has 0 heterocycles. The van der Waals surface area contributed by atoms with Gasteiger partial charge in [-0.3, -0.25) is 0 Å². The SMILES string of the molecule is COc1cc(F)ccc1-c1cc(Cl)c(O)c(C(=O)O)c1. The van der Waals surface area contributed by atoms with Crippen molar-refractivity contribution in [2.45, 2.75) is 0 Å². The molecule has 2 N–H and O–H groups in total. The van der Waals surface area contributed by atoms with Crippen LogP contribution in [0.3, 0.4) is 0 Å². The molecule has 20 heavy (non-hydrogen) atoms. The minimum atomic E-state index is -1.31. The second-order valence-electron chi connectivity index (χ2n) is 4.00. The minimum absolute atomic E-state index is 0.105. The zero-order chi connectivity index (χ0) is 14.9. The molecular weight excluding hydrogens is 287 g/mol. The van der Waals surface area contributed by atoms with Crippen LogP contribution in [-0.2, 0) is 0 Å². The van der Waals surface area contributed by atoms with Crippen molar-refractivity contribution in [1.82, 2.24) is 0 Å². The Labute approximate surface area is 119 Å². The summed E-state index contributed by atoms with van der Waals surface area (Å²) < 4.78 is 18.2. The summed E-state index contributed by atoms with van der Waals surface area (Å²) in [6, 6.07) is 6.48. The van der Waals surface area contributed by atoms with Gasteiger partial charge in [0.05, 0.1) is 12.1 Å². The van der Waals surface area contributed by atoms with E-state index >= 15 is 0 Å². The van der Waals surface area contributed by atoms with Gasteiger partial charge < -0.3 is 14.9 Å². The second-order valence-corrected chi connectivity index (χ2v) is 4.41. The molecule has 0 bridgehead atoms. The Morgan fingerprint density at radius 2 is 2.00 bits per heavy atom. The Morgan fingerprint density at radius 1 is 1.30 bits per heavy atom. The lowest BCUT2D eigenvalue weighted by atomic mass is 10.0. The third-order valence-corrected chi connectivity index (χ3v) is 3.06. The largest absolute Gasteiger partial charge is 0.505 e. The van der Waals surface area contributed by atoms with Gasteiger partial charge in [-0.15, -0.1) is 0 Å². The summed E-state index contributed by atoms with van der Waals surface area (Å²) in [6.07, 6.45) is 0. The standard InChI is InChI=1S/C14H10ClFO4/c1-20-12-6-8(16)2-3-9(12)7-4-10(14(18)19)13(17)11(15)5-7/h2-6,17H,1H3,(H,18,19). The molecule has 0 radical (unpaired) electrons. The van der Waals surface area contributed by atoms with Gasteiger partial charge in [0.1, 0.15) is 22.9 Å². The monoisotopic (exact) mass is 296 g/mol. The molecule has 2 aromatic carbocycles. The van der Waals surface area contributed by atoms with Gasteiger partial charge in [0.25, 0.3) is 0 Å². The van der Waals surface area contributed by atoms with Crippen molar-refractivity contribution in [3.8, 4) is 22.6 Å². The predicted molar refractivity (Wildman–Crippen MR) is 72.0 cm³/mol. The fourth-order valence-corrected chi connectivity index (χ4v) is 2.04. The van der Waals surface area contributed by atoms with Gasteiger partial charge in [0, 0.05) is 11.6 Å². The number of ether oxygens (including phenoxy) is 1. The molecule has 0 aliphatic rings. The van der Waals surface area contributed by atoms with E-state index in [0.29, 0.717) is 11.1 Å². The number of aromatic hydroxyl groups is 1. The molecule has 2 rings (SSSR count). The van der Waals surface area contributed by atoms with Crippen molar-refractivity contribution in [2.24, 2.45) is 0 Å². The van der Waals surface area contributed by atoms with Gasteiger partial charge in [0.2, 0.25) is 0 Å². The Balaban J connectivity index is 2.67. The lowest BCUT2D eigenvalue weighted by Crippen LogP contribution is -1.98. The summed E-state index contributed by atoms with van der Waals surface area (Å²) in [6.45, 7) is 0. The molecule has 2 aromatic rings. The Kier molecular flexibility index (Phi) is 3.81. The van der Waals surface area contributed by atoms with E-state index in [1.165, 1.54) is 37.4 Å². The third-order valence-electron chi connectivity index (χ3n) is 2.77. The number of carbonyl (C=O) groups is 1. The third kappa shape index (κ3) is 2.53. The maximum absolute atomic E-state index is 13.2. The van der Waals surface area contributed by atoms with E-state index in [1.54, 1.807) is 0 Å². The van der Waals surface area contributed by atoms with Crippen LogP contribution in [0, 0.1) is 5.82 Å². The highest BCUT2D eigenvalue weighted by atomic mass is 35.5. The minimum Gasteiger partial charge on any atom is -0.505 e. The number of hydrogen-bond acceptors (Lipinski definition) is 3. The molecule has 4 nitrogen and oxygen atoms in total. The molecule has 0 unspecified atom stereocenters. The van der Waals surface area contributed by atoms with Crippen LogP contribution < -0.4 is 4.74 Å². The van der Waals surface area contributed by atoms with Crippen LogP contribution in [0.4, 0.5) is 4.39 Å². The van der Waals surface area contributed by atoms with Crippen LogP contribution in [0.1, 0.15) is 10.4 Å². The van der Waals surface area contributed by atoms with Gasteiger partial charge in [0.15, 0.2) is 0 Å². The molecule has 0 saturated heterocycles. The number of methoxy groups -OCH3 is 1. The summed E-state index contributed by atoms with van der Waals surface area (Å²) >= 11 is 5.81. The summed E-state index contributed by atoms with van der Waals surface area (Å²) in [5, 5.41) is 18.5. The first-order valence-corrected chi connectivity index (χ1v) is 5.91. The van der Waals surface area contributed by atoms with Crippen LogP contribution in [0.2, 0.25) is 5.02 Å². The van der Waals surface area contributed by atoms with Crippen LogP contribution in [-0.4, -0.2) is 23.3 Å². The zero-order valence-electron chi connectivity index (χ0n) is 10.4. The fourth-order valence-electron chi connectivity index (χ4n) is 1.82. The van der Waals surface area contributed by atoms with Gasteiger partial charge in [-0.05, 0) is 29.8 Å². The molecule has 0 fully saturated rings. The van der Waals surface area contributed by atoms with E-state index < -0.39 is 17.5 Å². The summed E-state index contributed by atoms with van der Waals surface area (Å²) in [7, 11) is 1.37. The Morgan fingerprint density at radius 3 is 2.60 bits per heavy atom. The van der Waals surface area contributed by atoms with Crippen molar-refractivity contribution in [1.29, 1.82) is 0 Å². The second kappa shape index (κ2) is 5.38. The number of aromatic carboxylic acids is 1. The maximum Gasteiger partial charge on any atom is 0.339 e. The average Bonchev–Trinajstić information content (AvgIpc) is 2.41. The van der Waals surface area contributed by atoms with Crippen LogP contribution in [0.5, 0.6) is 11.5 Å². The number of rotatable bonds is 3. The lowest BCUT2D eigenvalue weighted by Gasteiger charge is -2.11. The van der Waals surface area contributed by atoms with Gasteiger partial charge in [-0.2, -0.15) is 0 Å². The number of phenols is 1. The number of halogens is 2. The Hall–Kier alpha value is -2.27. The van der Waals surface area contributed by atoms with E-state index in [2.05, 4.69) is 0 Å².